The van der Waals surface area contributed by atoms with Crippen molar-refractivity contribution in [2.45, 2.75) is 19.1 Å². The van der Waals surface area contributed by atoms with Crippen LogP contribution in [0.2, 0.25) is 0 Å². The van der Waals surface area contributed by atoms with E-state index in [2.05, 4.69) is 11.8 Å². The summed E-state index contributed by atoms with van der Waals surface area (Å²) in [6, 6.07) is 3.40. The van der Waals surface area contributed by atoms with Crippen LogP contribution in [0.15, 0.2) is 12.1 Å². The van der Waals surface area contributed by atoms with Gasteiger partial charge in [0.25, 0.3) is 0 Å². The highest BCUT2D eigenvalue weighted by atomic mass is 32.1. The molecule has 2 unspecified atom stereocenters. The van der Waals surface area contributed by atoms with Gasteiger partial charge in [-0.25, -0.2) is 0 Å². The van der Waals surface area contributed by atoms with Gasteiger partial charge in [0.1, 0.15) is 0 Å². The minimum absolute atomic E-state index is 0.0347. The van der Waals surface area contributed by atoms with Gasteiger partial charge in [-0.2, -0.15) is 0 Å². The van der Waals surface area contributed by atoms with Gasteiger partial charge in [-0.3, -0.25) is 15.0 Å². The summed E-state index contributed by atoms with van der Waals surface area (Å²) < 4.78 is 5.67. The van der Waals surface area contributed by atoms with Crippen molar-refractivity contribution in [2.24, 2.45) is 5.73 Å². The zero-order valence-corrected chi connectivity index (χ0v) is 11.1. The molecule has 1 saturated heterocycles. The highest BCUT2D eigenvalue weighted by Gasteiger charge is 2.33. The topological polar surface area (TPSA) is 81.6 Å². The number of hydrogen-bond acceptors (Lipinski definition) is 6. The standard InChI is InChI=1S/C11H17N3O3S/c1-2-13-5-6-17-8(7-12)11(13)9-3-4-10(18-9)14(15)16/h3-4,8,11H,2,5-7,12H2,1H3. The molecule has 6 nitrogen and oxygen atoms in total. The number of ether oxygens (including phenoxy) is 1. The van der Waals surface area contributed by atoms with E-state index in [0.717, 1.165) is 18.0 Å². The number of rotatable bonds is 4. The molecule has 0 radical (unpaired) electrons. The van der Waals surface area contributed by atoms with E-state index < -0.39 is 0 Å². The lowest BCUT2D eigenvalue weighted by molar-refractivity contribution is -0.380. The Morgan fingerprint density at radius 2 is 2.44 bits per heavy atom. The van der Waals surface area contributed by atoms with Crippen molar-refractivity contribution < 1.29 is 9.66 Å². The van der Waals surface area contributed by atoms with E-state index in [-0.39, 0.29) is 22.1 Å². The molecule has 0 saturated carbocycles. The minimum atomic E-state index is -0.356. The second kappa shape index (κ2) is 5.75. The Balaban J connectivity index is 2.27. The molecule has 0 amide bonds. The van der Waals surface area contributed by atoms with Gasteiger partial charge in [0, 0.05) is 24.0 Å². The highest BCUT2D eigenvalue weighted by molar-refractivity contribution is 7.15. The Labute approximate surface area is 109 Å². The summed E-state index contributed by atoms with van der Waals surface area (Å²) in [6.07, 6.45) is -0.0862. The summed E-state index contributed by atoms with van der Waals surface area (Å²) in [5.41, 5.74) is 5.73. The summed E-state index contributed by atoms with van der Waals surface area (Å²) in [7, 11) is 0. The fourth-order valence-corrected chi connectivity index (χ4v) is 3.31. The van der Waals surface area contributed by atoms with Crippen molar-refractivity contribution in [2.75, 3.05) is 26.2 Å². The molecule has 1 aliphatic rings. The second-order valence-corrected chi connectivity index (χ2v) is 5.25. The van der Waals surface area contributed by atoms with E-state index in [1.54, 1.807) is 6.07 Å². The van der Waals surface area contributed by atoms with Gasteiger partial charge >= 0.3 is 5.00 Å². The number of nitrogens with zero attached hydrogens (tertiary/aromatic N) is 2. The first-order valence-electron chi connectivity index (χ1n) is 5.97. The smallest absolute Gasteiger partial charge is 0.324 e. The van der Waals surface area contributed by atoms with Gasteiger partial charge in [-0.1, -0.05) is 18.3 Å². The molecular weight excluding hydrogens is 254 g/mol. The molecule has 0 aromatic carbocycles. The molecule has 1 fully saturated rings. The summed E-state index contributed by atoms with van der Waals surface area (Å²) in [6.45, 7) is 4.89. The van der Waals surface area contributed by atoms with Gasteiger partial charge in [0.2, 0.25) is 0 Å². The molecule has 0 bridgehead atoms. The molecule has 2 N–H and O–H groups in total. The predicted molar refractivity (Wildman–Crippen MR) is 69.8 cm³/mol. The zero-order valence-electron chi connectivity index (χ0n) is 10.2. The summed E-state index contributed by atoms with van der Waals surface area (Å²) in [4.78, 5) is 13.6. The van der Waals surface area contributed by atoms with E-state index in [1.165, 1.54) is 11.3 Å². The van der Waals surface area contributed by atoms with Crippen molar-refractivity contribution in [1.29, 1.82) is 0 Å². The second-order valence-electron chi connectivity index (χ2n) is 4.15. The summed E-state index contributed by atoms with van der Waals surface area (Å²) in [5.74, 6) is 0. The number of likely N-dealkylation sites (N-methyl/N-ethyl adjacent to an activating group) is 1. The van der Waals surface area contributed by atoms with Gasteiger partial charge in [0.05, 0.1) is 23.7 Å². The third-order valence-corrected chi connectivity index (χ3v) is 4.29. The highest BCUT2D eigenvalue weighted by Crippen LogP contribution is 2.36. The molecular formula is C11H17N3O3S. The summed E-state index contributed by atoms with van der Waals surface area (Å²) >= 11 is 1.21. The van der Waals surface area contributed by atoms with E-state index in [0.29, 0.717) is 13.2 Å². The van der Waals surface area contributed by atoms with Gasteiger partial charge in [0.15, 0.2) is 0 Å². The third kappa shape index (κ3) is 2.54. The van der Waals surface area contributed by atoms with Crippen LogP contribution >= 0.6 is 11.3 Å². The fourth-order valence-electron chi connectivity index (χ4n) is 2.30. The maximum absolute atomic E-state index is 10.7. The summed E-state index contributed by atoms with van der Waals surface area (Å²) in [5, 5.41) is 10.9. The quantitative estimate of drug-likeness (QED) is 0.661. The van der Waals surface area contributed by atoms with Crippen molar-refractivity contribution in [3.05, 3.63) is 27.1 Å². The third-order valence-electron chi connectivity index (χ3n) is 3.18. The average Bonchev–Trinajstić information content (AvgIpc) is 2.87. The molecule has 2 rings (SSSR count). The monoisotopic (exact) mass is 271 g/mol. The Kier molecular flexibility index (Phi) is 4.28. The van der Waals surface area contributed by atoms with Crippen LogP contribution in [0.5, 0.6) is 0 Å². The van der Waals surface area contributed by atoms with Gasteiger partial charge in [-0.05, 0) is 12.6 Å². The van der Waals surface area contributed by atoms with Crippen LogP contribution in [0.3, 0.4) is 0 Å². The van der Waals surface area contributed by atoms with Crippen LogP contribution < -0.4 is 5.73 Å². The molecule has 2 atom stereocenters. The first-order chi connectivity index (χ1) is 8.67. The van der Waals surface area contributed by atoms with Gasteiger partial charge < -0.3 is 10.5 Å². The van der Waals surface area contributed by atoms with Crippen LogP contribution in [0.4, 0.5) is 5.00 Å². The maximum Gasteiger partial charge on any atom is 0.324 e. The van der Waals surface area contributed by atoms with Crippen molar-refractivity contribution in [1.82, 2.24) is 4.90 Å². The molecule has 100 valence electrons. The average molecular weight is 271 g/mol. The molecule has 18 heavy (non-hydrogen) atoms. The van der Waals surface area contributed by atoms with E-state index >= 15 is 0 Å². The molecule has 2 heterocycles. The Bertz CT molecular complexity index is 411. The first-order valence-corrected chi connectivity index (χ1v) is 6.78. The van der Waals surface area contributed by atoms with Crippen molar-refractivity contribution in [3.8, 4) is 0 Å². The Morgan fingerprint density at radius 3 is 3.00 bits per heavy atom. The fraction of sp³-hybridized carbons (Fsp3) is 0.636. The van der Waals surface area contributed by atoms with Crippen LogP contribution in [0.1, 0.15) is 17.8 Å². The number of nitro groups is 1. The molecule has 1 aromatic heterocycles. The predicted octanol–water partition coefficient (Wildman–Crippen LogP) is 1.38. The Morgan fingerprint density at radius 1 is 1.67 bits per heavy atom. The lowest BCUT2D eigenvalue weighted by atomic mass is 10.1. The molecule has 1 aliphatic heterocycles. The van der Waals surface area contributed by atoms with Crippen LogP contribution in [-0.2, 0) is 4.74 Å². The van der Waals surface area contributed by atoms with Crippen LogP contribution in [-0.4, -0.2) is 42.2 Å². The first kappa shape index (κ1) is 13.4. The van der Waals surface area contributed by atoms with Crippen molar-refractivity contribution >= 4 is 16.3 Å². The number of hydrogen-bond donors (Lipinski definition) is 1. The lowest BCUT2D eigenvalue weighted by Crippen LogP contribution is -2.47. The normalized spacial score (nSPS) is 25.2. The van der Waals surface area contributed by atoms with E-state index in [9.17, 15) is 10.1 Å². The molecule has 0 spiro atoms. The largest absolute Gasteiger partial charge is 0.374 e. The molecule has 1 aromatic rings. The zero-order chi connectivity index (χ0) is 13.1. The lowest BCUT2D eigenvalue weighted by Gasteiger charge is -2.39. The Hall–Kier alpha value is -1.02. The minimum Gasteiger partial charge on any atom is -0.374 e. The van der Waals surface area contributed by atoms with Crippen molar-refractivity contribution in [3.63, 3.8) is 0 Å². The molecule has 0 aliphatic carbocycles. The number of morpholine rings is 1. The maximum atomic E-state index is 10.7. The van der Waals surface area contributed by atoms with Crippen LogP contribution in [0.25, 0.3) is 0 Å². The van der Waals surface area contributed by atoms with Gasteiger partial charge in [-0.15, -0.1) is 0 Å². The number of nitrogens with two attached hydrogens (primary N) is 1. The molecule has 7 heteroatoms. The van der Waals surface area contributed by atoms with E-state index in [4.69, 9.17) is 10.5 Å². The van der Waals surface area contributed by atoms with Crippen LogP contribution in [0, 0.1) is 10.1 Å². The SMILES string of the molecule is CCN1CCOC(CN)C1c1ccc([N+](=O)[O-])s1. The van der Waals surface area contributed by atoms with E-state index in [1.807, 2.05) is 6.07 Å². The number of thiophene rings is 1.